The minimum atomic E-state index is 0.298. The Morgan fingerprint density at radius 3 is 2.73 bits per heavy atom. The Morgan fingerprint density at radius 2 is 1.86 bits per heavy atom. The maximum Gasteiger partial charge on any atom is 0.231 e. The fourth-order valence-corrected chi connectivity index (χ4v) is 6.79. The lowest BCUT2D eigenvalue weighted by Gasteiger charge is -2.46. The topological polar surface area (TPSA) is 56.0 Å². The van der Waals surface area contributed by atoms with Crippen LogP contribution in [0, 0.1) is 0 Å². The van der Waals surface area contributed by atoms with Crippen molar-refractivity contribution < 1.29 is 18.9 Å². The number of rotatable bonds is 6. The Morgan fingerprint density at radius 1 is 1.00 bits per heavy atom. The smallest absolute Gasteiger partial charge is 0.231 e. The SMILES string of the molecule is COc1ccc2c(c1OC)CN1CCc3cc4c(cc3C1C2CCCc1c[nH]c2ccccc12)OCO4. The number of para-hydroxylation sites is 1. The van der Waals surface area contributed by atoms with Gasteiger partial charge < -0.3 is 23.9 Å². The summed E-state index contributed by atoms with van der Waals surface area (Å²) < 4.78 is 23.1. The van der Waals surface area contributed by atoms with Crippen molar-refractivity contribution >= 4 is 10.9 Å². The molecule has 1 N–H and O–H groups in total. The van der Waals surface area contributed by atoms with E-state index in [1.807, 2.05) is 0 Å². The largest absolute Gasteiger partial charge is 0.493 e. The van der Waals surface area contributed by atoms with Crippen molar-refractivity contribution in [2.45, 2.75) is 44.2 Å². The van der Waals surface area contributed by atoms with Gasteiger partial charge in [0, 0.05) is 47.7 Å². The Hall–Kier alpha value is -3.64. The third kappa shape index (κ3) is 3.65. The summed E-state index contributed by atoms with van der Waals surface area (Å²) in [5, 5.41) is 1.33. The molecule has 0 radical (unpaired) electrons. The van der Waals surface area contributed by atoms with E-state index in [0.29, 0.717) is 18.8 Å². The average molecular weight is 497 g/mol. The molecule has 3 aromatic carbocycles. The summed E-state index contributed by atoms with van der Waals surface area (Å²) in [4.78, 5) is 6.07. The predicted molar refractivity (Wildman–Crippen MR) is 143 cm³/mol. The van der Waals surface area contributed by atoms with Gasteiger partial charge in [-0.1, -0.05) is 24.3 Å². The van der Waals surface area contributed by atoms with Gasteiger partial charge in [0.15, 0.2) is 23.0 Å². The molecule has 4 aromatic rings. The molecule has 3 aliphatic rings. The first-order valence-electron chi connectivity index (χ1n) is 13.2. The summed E-state index contributed by atoms with van der Waals surface area (Å²) in [5.41, 5.74) is 8.01. The van der Waals surface area contributed by atoms with E-state index in [9.17, 15) is 0 Å². The molecule has 7 rings (SSSR count). The van der Waals surface area contributed by atoms with Crippen LogP contribution in [0.2, 0.25) is 0 Å². The van der Waals surface area contributed by atoms with Crippen LogP contribution in [0.25, 0.3) is 10.9 Å². The van der Waals surface area contributed by atoms with Gasteiger partial charge in [-0.2, -0.15) is 0 Å². The van der Waals surface area contributed by atoms with Gasteiger partial charge >= 0.3 is 0 Å². The molecule has 3 aliphatic heterocycles. The molecule has 4 heterocycles. The zero-order valence-corrected chi connectivity index (χ0v) is 21.4. The van der Waals surface area contributed by atoms with E-state index in [-0.39, 0.29) is 0 Å². The molecule has 0 spiro atoms. The van der Waals surface area contributed by atoms with Gasteiger partial charge in [-0.3, -0.25) is 4.90 Å². The zero-order valence-electron chi connectivity index (χ0n) is 21.4. The molecule has 0 bridgehead atoms. The van der Waals surface area contributed by atoms with Gasteiger partial charge in [0.2, 0.25) is 6.79 Å². The average Bonchev–Trinajstić information content (AvgIpc) is 3.57. The highest BCUT2D eigenvalue weighted by molar-refractivity contribution is 5.83. The second-order valence-corrected chi connectivity index (χ2v) is 10.3. The monoisotopic (exact) mass is 496 g/mol. The van der Waals surface area contributed by atoms with Crippen LogP contribution in [0.3, 0.4) is 0 Å². The Balaban J connectivity index is 1.27. The second-order valence-electron chi connectivity index (χ2n) is 10.3. The fraction of sp³-hybridized carbons (Fsp3) is 0.355. The predicted octanol–water partition coefficient (Wildman–Crippen LogP) is 6.13. The zero-order chi connectivity index (χ0) is 24.9. The molecule has 0 fully saturated rings. The van der Waals surface area contributed by atoms with E-state index < -0.39 is 0 Å². The lowest BCUT2D eigenvalue weighted by molar-refractivity contribution is 0.126. The molecule has 37 heavy (non-hydrogen) atoms. The number of fused-ring (bicyclic) bond motifs is 6. The van der Waals surface area contributed by atoms with Crippen molar-refractivity contribution in [2.24, 2.45) is 0 Å². The van der Waals surface area contributed by atoms with Crippen LogP contribution >= 0.6 is 0 Å². The van der Waals surface area contributed by atoms with E-state index >= 15 is 0 Å². The van der Waals surface area contributed by atoms with E-state index in [0.717, 1.165) is 61.8 Å². The minimum Gasteiger partial charge on any atom is -0.493 e. The van der Waals surface area contributed by atoms with Crippen molar-refractivity contribution in [1.29, 1.82) is 0 Å². The number of hydrogen-bond acceptors (Lipinski definition) is 5. The first-order chi connectivity index (χ1) is 18.2. The first kappa shape index (κ1) is 22.5. The number of nitrogens with zero attached hydrogens (tertiary/aromatic N) is 1. The Bertz CT molecular complexity index is 1480. The van der Waals surface area contributed by atoms with Crippen molar-refractivity contribution in [3.63, 3.8) is 0 Å². The van der Waals surface area contributed by atoms with Crippen LogP contribution < -0.4 is 18.9 Å². The fourth-order valence-electron chi connectivity index (χ4n) is 6.79. The maximum absolute atomic E-state index is 5.91. The van der Waals surface area contributed by atoms with Gasteiger partial charge in [0.1, 0.15) is 0 Å². The molecule has 0 aliphatic carbocycles. The standard InChI is InChI=1S/C31H32N2O4/c1-34-27-11-10-22-23(8-5-6-20-16-32-26-9-4-3-7-21(20)26)30-24-15-29-28(36-18-37-29)14-19(24)12-13-33(30)17-25(22)31(27)35-2/h3-4,7,9-11,14-16,23,30,32H,5-6,8,12-13,17-18H2,1-2H3. The molecule has 1 aromatic heterocycles. The molecule has 2 unspecified atom stereocenters. The highest BCUT2D eigenvalue weighted by atomic mass is 16.7. The van der Waals surface area contributed by atoms with Crippen LogP contribution in [0.1, 0.15) is 52.6 Å². The van der Waals surface area contributed by atoms with Crippen molar-refractivity contribution in [2.75, 3.05) is 27.6 Å². The van der Waals surface area contributed by atoms with Gasteiger partial charge in [0.25, 0.3) is 0 Å². The Kier molecular flexibility index (Phi) is 5.50. The molecule has 0 amide bonds. The lowest BCUT2D eigenvalue weighted by Crippen LogP contribution is -2.42. The van der Waals surface area contributed by atoms with Gasteiger partial charge in [-0.05, 0) is 72.2 Å². The molecule has 0 saturated heterocycles. The van der Waals surface area contributed by atoms with E-state index in [4.69, 9.17) is 18.9 Å². The van der Waals surface area contributed by atoms with Gasteiger partial charge in [-0.25, -0.2) is 0 Å². The quantitative estimate of drug-likeness (QED) is 0.348. The molecule has 0 saturated carbocycles. The van der Waals surface area contributed by atoms with Crippen LogP contribution in [-0.4, -0.2) is 37.4 Å². The molecular weight excluding hydrogens is 464 g/mol. The van der Waals surface area contributed by atoms with Crippen molar-refractivity contribution in [1.82, 2.24) is 9.88 Å². The molecule has 2 atom stereocenters. The summed E-state index contributed by atoms with van der Waals surface area (Å²) in [6, 6.07) is 17.7. The summed E-state index contributed by atoms with van der Waals surface area (Å²) >= 11 is 0. The molecule has 6 heteroatoms. The van der Waals surface area contributed by atoms with Gasteiger partial charge in [-0.15, -0.1) is 0 Å². The number of nitrogens with one attached hydrogen (secondary N) is 1. The Labute approximate surface area is 217 Å². The number of hydrogen-bond donors (Lipinski definition) is 1. The van der Waals surface area contributed by atoms with E-state index in [1.54, 1.807) is 14.2 Å². The normalized spacial score (nSPS) is 19.8. The third-order valence-electron chi connectivity index (χ3n) is 8.48. The van der Waals surface area contributed by atoms with Crippen molar-refractivity contribution in [3.8, 4) is 23.0 Å². The van der Waals surface area contributed by atoms with Crippen LogP contribution in [0.15, 0.2) is 54.7 Å². The summed E-state index contributed by atoms with van der Waals surface area (Å²) in [6.07, 6.45) is 6.41. The highest BCUT2D eigenvalue weighted by Crippen LogP contribution is 2.53. The van der Waals surface area contributed by atoms with Crippen LogP contribution in [0.5, 0.6) is 23.0 Å². The minimum absolute atomic E-state index is 0.298. The second kappa shape index (κ2) is 9.03. The first-order valence-corrected chi connectivity index (χ1v) is 13.2. The summed E-state index contributed by atoms with van der Waals surface area (Å²) in [5.74, 6) is 3.77. The van der Waals surface area contributed by atoms with Crippen LogP contribution in [0.4, 0.5) is 0 Å². The maximum atomic E-state index is 5.91. The van der Waals surface area contributed by atoms with E-state index in [2.05, 4.69) is 64.6 Å². The lowest BCUT2D eigenvalue weighted by atomic mass is 9.74. The number of benzene rings is 3. The number of aryl methyl sites for hydroxylation is 1. The number of aromatic nitrogens is 1. The van der Waals surface area contributed by atoms with Gasteiger partial charge in [0.05, 0.1) is 14.2 Å². The molecule has 6 nitrogen and oxygen atoms in total. The van der Waals surface area contributed by atoms with Crippen LogP contribution in [-0.2, 0) is 19.4 Å². The summed E-state index contributed by atoms with van der Waals surface area (Å²) in [6.45, 7) is 2.17. The summed E-state index contributed by atoms with van der Waals surface area (Å²) in [7, 11) is 3.47. The highest BCUT2D eigenvalue weighted by Gasteiger charge is 2.41. The van der Waals surface area contributed by atoms with E-state index in [1.165, 1.54) is 38.7 Å². The number of H-pyrrole nitrogens is 1. The molecular formula is C31H32N2O4. The molecule has 190 valence electrons. The van der Waals surface area contributed by atoms with Crippen molar-refractivity contribution in [3.05, 3.63) is 82.5 Å². The third-order valence-corrected chi connectivity index (χ3v) is 8.48. The number of methoxy groups -OCH3 is 2. The number of ether oxygens (including phenoxy) is 4. The number of aromatic amines is 1.